The molecule has 1 aliphatic heterocycles. The van der Waals surface area contributed by atoms with Gasteiger partial charge < -0.3 is 0 Å². The largest absolute Gasteiger partial charge is 0.243 e. The summed E-state index contributed by atoms with van der Waals surface area (Å²) in [4.78, 5) is 0.295. The van der Waals surface area contributed by atoms with Crippen LogP contribution in [0, 0.1) is 11.3 Å². The van der Waals surface area contributed by atoms with Crippen LogP contribution < -0.4 is 0 Å². The molecule has 0 aromatic heterocycles. The summed E-state index contributed by atoms with van der Waals surface area (Å²) in [6.07, 6.45) is 3.13. The molecule has 5 heteroatoms. The first-order chi connectivity index (χ1) is 9.04. The maximum atomic E-state index is 12.4. The zero-order chi connectivity index (χ0) is 13.9. The van der Waals surface area contributed by atoms with Crippen molar-refractivity contribution in [1.29, 1.82) is 5.26 Å². The maximum Gasteiger partial charge on any atom is 0.243 e. The summed E-state index contributed by atoms with van der Waals surface area (Å²) in [7, 11) is -3.42. The van der Waals surface area contributed by atoms with Crippen molar-refractivity contribution >= 4 is 10.0 Å². The Labute approximate surface area is 114 Å². The van der Waals surface area contributed by atoms with Crippen LogP contribution in [-0.4, -0.2) is 25.8 Å². The number of hydrogen-bond acceptors (Lipinski definition) is 3. The van der Waals surface area contributed by atoms with Gasteiger partial charge in [0.25, 0.3) is 0 Å². The molecule has 0 aliphatic carbocycles. The Kier molecular flexibility index (Phi) is 4.03. The summed E-state index contributed by atoms with van der Waals surface area (Å²) < 4.78 is 26.4. The smallest absolute Gasteiger partial charge is 0.207 e. The SMILES string of the molecule is CC1=CCCN(S(=O)(=O)c2ccc(CC#N)cc2)C1. The van der Waals surface area contributed by atoms with Gasteiger partial charge in [-0.15, -0.1) is 0 Å². The van der Waals surface area contributed by atoms with Gasteiger partial charge in [0.05, 0.1) is 17.4 Å². The minimum atomic E-state index is -3.42. The van der Waals surface area contributed by atoms with Gasteiger partial charge in [0.2, 0.25) is 10.0 Å². The van der Waals surface area contributed by atoms with Gasteiger partial charge in [0.15, 0.2) is 0 Å². The molecule has 0 spiro atoms. The second kappa shape index (κ2) is 5.55. The Balaban J connectivity index is 2.25. The van der Waals surface area contributed by atoms with E-state index in [0.717, 1.165) is 17.6 Å². The Morgan fingerprint density at radius 1 is 1.32 bits per heavy atom. The van der Waals surface area contributed by atoms with Crippen molar-refractivity contribution in [3.8, 4) is 6.07 Å². The van der Waals surface area contributed by atoms with E-state index in [4.69, 9.17) is 5.26 Å². The van der Waals surface area contributed by atoms with E-state index in [9.17, 15) is 8.42 Å². The number of nitriles is 1. The number of hydrogen-bond donors (Lipinski definition) is 0. The highest BCUT2D eigenvalue weighted by atomic mass is 32.2. The molecule has 1 aromatic carbocycles. The predicted octanol–water partition coefficient (Wildman–Crippen LogP) is 2.09. The zero-order valence-electron chi connectivity index (χ0n) is 10.8. The molecule has 0 N–H and O–H groups in total. The normalized spacial score (nSPS) is 16.7. The van der Waals surface area contributed by atoms with Crippen molar-refractivity contribution in [2.45, 2.75) is 24.7 Å². The third kappa shape index (κ3) is 3.03. The van der Waals surface area contributed by atoms with Crippen LogP contribution in [-0.2, 0) is 16.4 Å². The van der Waals surface area contributed by atoms with Crippen molar-refractivity contribution in [3.63, 3.8) is 0 Å². The van der Waals surface area contributed by atoms with Crippen molar-refractivity contribution in [2.75, 3.05) is 13.1 Å². The molecular weight excluding hydrogens is 260 g/mol. The Hall–Kier alpha value is -1.64. The fourth-order valence-electron chi connectivity index (χ4n) is 2.10. The fraction of sp³-hybridized carbons (Fsp3) is 0.357. The number of sulfonamides is 1. The van der Waals surface area contributed by atoms with E-state index in [1.165, 1.54) is 4.31 Å². The number of benzene rings is 1. The molecule has 1 heterocycles. The van der Waals surface area contributed by atoms with E-state index in [1.807, 2.05) is 13.0 Å². The lowest BCUT2D eigenvalue weighted by Crippen LogP contribution is -2.35. The van der Waals surface area contributed by atoms with Crippen molar-refractivity contribution in [3.05, 3.63) is 41.5 Å². The highest BCUT2D eigenvalue weighted by molar-refractivity contribution is 7.89. The number of rotatable bonds is 3. The minimum absolute atomic E-state index is 0.295. The monoisotopic (exact) mass is 276 g/mol. The van der Waals surface area contributed by atoms with Crippen LogP contribution in [0.2, 0.25) is 0 Å². The van der Waals surface area contributed by atoms with E-state index in [0.29, 0.717) is 24.4 Å². The van der Waals surface area contributed by atoms with Gasteiger partial charge in [0, 0.05) is 13.1 Å². The first-order valence-electron chi connectivity index (χ1n) is 6.16. The minimum Gasteiger partial charge on any atom is -0.207 e. The van der Waals surface area contributed by atoms with E-state index in [-0.39, 0.29) is 0 Å². The van der Waals surface area contributed by atoms with E-state index in [2.05, 4.69) is 6.08 Å². The summed E-state index contributed by atoms with van der Waals surface area (Å²) in [5.41, 5.74) is 1.91. The molecule has 4 nitrogen and oxygen atoms in total. The average Bonchev–Trinajstić information content (AvgIpc) is 2.40. The van der Waals surface area contributed by atoms with Crippen molar-refractivity contribution in [1.82, 2.24) is 4.31 Å². The first-order valence-corrected chi connectivity index (χ1v) is 7.60. The van der Waals surface area contributed by atoms with Crippen LogP contribution in [0.3, 0.4) is 0 Å². The topological polar surface area (TPSA) is 61.2 Å². The summed E-state index contributed by atoms with van der Waals surface area (Å²) in [6.45, 7) is 2.93. The van der Waals surface area contributed by atoms with Gasteiger partial charge in [-0.05, 0) is 31.0 Å². The Bertz CT molecular complexity index is 624. The molecular formula is C14H16N2O2S. The maximum absolute atomic E-state index is 12.4. The lowest BCUT2D eigenvalue weighted by molar-refractivity contribution is 0.428. The van der Waals surface area contributed by atoms with Crippen LogP contribution in [0.5, 0.6) is 0 Å². The molecule has 0 atom stereocenters. The summed E-state index contributed by atoms with van der Waals surface area (Å²) in [6, 6.07) is 8.60. The van der Waals surface area contributed by atoms with Crippen LogP contribution >= 0.6 is 0 Å². The molecule has 1 aromatic rings. The van der Waals surface area contributed by atoms with E-state index >= 15 is 0 Å². The fourth-order valence-corrected chi connectivity index (χ4v) is 3.60. The summed E-state index contributed by atoms with van der Waals surface area (Å²) in [5, 5.41) is 8.60. The van der Waals surface area contributed by atoms with Gasteiger partial charge in [-0.3, -0.25) is 0 Å². The summed E-state index contributed by atoms with van der Waals surface area (Å²) in [5.74, 6) is 0. The molecule has 0 saturated carbocycles. The van der Waals surface area contributed by atoms with Gasteiger partial charge in [-0.25, -0.2) is 8.42 Å². The van der Waals surface area contributed by atoms with Crippen molar-refractivity contribution < 1.29 is 8.42 Å². The highest BCUT2D eigenvalue weighted by Crippen LogP contribution is 2.20. The third-order valence-electron chi connectivity index (χ3n) is 3.14. The van der Waals surface area contributed by atoms with Crippen LogP contribution in [0.15, 0.2) is 40.8 Å². The molecule has 0 fully saturated rings. The molecule has 100 valence electrons. The summed E-state index contributed by atoms with van der Waals surface area (Å²) >= 11 is 0. The first kappa shape index (κ1) is 13.8. The predicted molar refractivity (Wildman–Crippen MR) is 72.9 cm³/mol. The van der Waals surface area contributed by atoms with Crippen LogP contribution in [0.4, 0.5) is 0 Å². The van der Waals surface area contributed by atoms with Gasteiger partial charge in [-0.2, -0.15) is 9.57 Å². The second-order valence-corrected chi connectivity index (χ2v) is 6.59. The third-order valence-corrected chi connectivity index (χ3v) is 5.00. The van der Waals surface area contributed by atoms with Gasteiger partial charge in [0.1, 0.15) is 0 Å². The molecule has 1 aliphatic rings. The highest BCUT2D eigenvalue weighted by Gasteiger charge is 2.25. The molecule has 2 rings (SSSR count). The quantitative estimate of drug-likeness (QED) is 0.794. The Morgan fingerprint density at radius 3 is 2.58 bits per heavy atom. The molecule has 0 amide bonds. The van der Waals surface area contributed by atoms with Crippen molar-refractivity contribution in [2.24, 2.45) is 0 Å². The average molecular weight is 276 g/mol. The molecule has 19 heavy (non-hydrogen) atoms. The standard InChI is InChI=1S/C14H16N2O2S/c1-12-3-2-10-16(11-12)19(17,18)14-6-4-13(5-7-14)8-9-15/h3-7H,2,8,10-11H2,1H3. The Morgan fingerprint density at radius 2 is 2.00 bits per heavy atom. The van der Waals surface area contributed by atoms with Crippen LogP contribution in [0.25, 0.3) is 0 Å². The van der Waals surface area contributed by atoms with E-state index < -0.39 is 10.0 Å². The van der Waals surface area contributed by atoms with Gasteiger partial charge in [-0.1, -0.05) is 23.8 Å². The van der Waals surface area contributed by atoms with Gasteiger partial charge >= 0.3 is 0 Å². The zero-order valence-corrected chi connectivity index (χ0v) is 11.7. The second-order valence-electron chi connectivity index (χ2n) is 4.66. The lowest BCUT2D eigenvalue weighted by atomic mass is 10.2. The number of nitrogens with zero attached hydrogens (tertiary/aromatic N) is 2. The molecule has 0 radical (unpaired) electrons. The molecule has 0 unspecified atom stereocenters. The molecule has 0 bridgehead atoms. The van der Waals surface area contributed by atoms with Crippen LogP contribution in [0.1, 0.15) is 18.9 Å². The molecule has 0 saturated heterocycles. The van der Waals surface area contributed by atoms with E-state index in [1.54, 1.807) is 24.3 Å². The lowest BCUT2D eigenvalue weighted by Gasteiger charge is -2.25.